The summed E-state index contributed by atoms with van der Waals surface area (Å²) in [5.41, 5.74) is 2.03. The second kappa shape index (κ2) is 8.60. The number of methoxy groups -OCH3 is 1. The molecule has 0 atom stereocenters. The van der Waals surface area contributed by atoms with Crippen LogP contribution in [0.3, 0.4) is 0 Å². The minimum absolute atomic E-state index is 0.0194. The predicted molar refractivity (Wildman–Crippen MR) is 113 cm³/mol. The van der Waals surface area contributed by atoms with Crippen LogP contribution in [0.1, 0.15) is 40.6 Å². The average molecular weight is 442 g/mol. The van der Waals surface area contributed by atoms with Gasteiger partial charge in [-0.05, 0) is 44.0 Å². The molecule has 0 unspecified atom stereocenters. The summed E-state index contributed by atoms with van der Waals surface area (Å²) in [4.78, 5) is 12.0. The molecule has 162 valence electrons. The van der Waals surface area contributed by atoms with Crippen molar-refractivity contribution in [2.24, 2.45) is 0 Å². The van der Waals surface area contributed by atoms with Crippen molar-refractivity contribution in [3.63, 3.8) is 0 Å². The van der Waals surface area contributed by atoms with Crippen LogP contribution in [0, 0.1) is 6.92 Å². The summed E-state index contributed by atoms with van der Waals surface area (Å²) in [6.07, 6.45) is 1.10. The monoisotopic (exact) mass is 441 g/mol. The van der Waals surface area contributed by atoms with Gasteiger partial charge in [-0.25, -0.2) is 13.2 Å². The van der Waals surface area contributed by atoms with Gasteiger partial charge in [-0.3, -0.25) is 0 Å². The Morgan fingerprint density at radius 3 is 2.42 bits per heavy atom. The first-order valence-corrected chi connectivity index (χ1v) is 11.4. The maximum absolute atomic E-state index is 13.2. The smallest absolute Gasteiger partial charge is 0.339 e. The van der Waals surface area contributed by atoms with Gasteiger partial charge in [-0.15, -0.1) is 10.2 Å². The van der Waals surface area contributed by atoms with E-state index in [1.165, 1.54) is 23.5 Å². The van der Waals surface area contributed by atoms with E-state index in [4.69, 9.17) is 9.15 Å². The summed E-state index contributed by atoms with van der Waals surface area (Å²) in [5, 5.41) is 8.33. The van der Waals surface area contributed by atoms with Crippen molar-refractivity contribution in [3.8, 4) is 11.5 Å². The number of piperidine rings is 1. The van der Waals surface area contributed by atoms with Gasteiger partial charge < -0.3 is 9.15 Å². The van der Waals surface area contributed by atoms with Gasteiger partial charge >= 0.3 is 5.97 Å². The molecule has 1 aliphatic heterocycles. The molecule has 0 radical (unpaired) electrons. The van der Waals surface area contributed by atoms with Gasteiger partial charge in [0, 0.05) is 24.6 Å². The highest BCUT2D eigenvalue weighted by molar-refractivity contribution is 7.89. The topological polar surface area (TPSA) is 103 Å². The van der Waals surface area contributed by atoms with Gasteiger partial charge in [-0.2, -0.15) is 4.31 Å². The van der Waals surface area contributed by atoms with E-state index >= 15 is 0 Å². The van der Waals surface area contributed by atoms with E-state index in [1.54, 1.807) is 12.1 Å². The zero-order valence-electron chi connectivity index (χ0n) is 17.3. The molecule has 2 heterocycles. The van der Waals surface area contributed by atoms with Gasteiger partial charge in [0.25, 0.3) is 0 Å². The fourth-order valence-corrected chi connectivity index (χ4v) is 5.31. The molecule has 9 heteroatoms. The molecule has 3 aromatic rings. The summed E-state index contributed by atoms with van der Waals surface area (Å²) in [5.74, 6) is 0.275. The summed E-state index contributed by atoms with van der Waals surface area (Å²) in [6.45, 7) is 2.60. The molecule has 0 saturated carbocycles. The molecule has 1 aromatic heterocycles. The third-order valence-electron chi connectivity index (χ3n) is 5.45. The molecule has 4 rings (SSSR count). The molecule has 0 bridgehead atoms. The van der Waals surface area contributed by atoms with E-state index < -0.39 is 16.0 Å². The molecule has 0 spiro atoms. The van der Waals surface area contributed by atoms with Crippen molar-refractivity contribution in [2.45, 2.75) is 30.6 Å². The lowest BCUT2D eigenvalue weighted by molar-refractivity contribution is 0.0596. The minimum Gasteiger partial charge on any atom is -0.465 e. The Morgan fingerprint density at radius 2 is 1.74 bits per heavy atom. The highest BCUT2D eigenvalue weighted by atomic mass is 32.2. The number of aryl methyl sites for hydroxylation is 1. The van der Waals surface area contributed by atoms with Gasteiger partial charge in [0.05, 0.1) is 17.6 Å². The van der Waals surface area contributed by atoms with Crippen LogP contribution in [0.15, 0.2) is 57.8 Å². The average Bonchev–Trinajstić information content (AvgIpc) is 3.29. The largest absolute Gasteiger partial charge is 0.465 e. The second-order valence-corrected chi connectivity index (χ2v) is 9.38. The lowest BCUT2D eigenvalue weighted by atomic mass is 9.98. The van der Waals surface area contributed by atoms with Gasteiger partial charge in [-0.1, -0.05) is 29.8 Å². The minimum atomic E-state index is -3.83. The van der Waals surface area contributed by atoms with Crippen LogP contribution >= 0.6 is 0 Å². The Balaban J connectivity index is 1.48. The number of rotatable bonds is 5. The number of hydrogen-bond donors (Lipinski definition) is 0. The van der Waals surface area contributed by atoms with E-state index in [9.17, 15) is 13.2 Å². The van der Waals surface area contributed by atoms with Crippen molar-refractivity contribution in [2.75, 3.05) is 20.2 Å². The van der Waals surface area contributed by atoms with Crippen molar-refractivity contribution >= 4 is 16.0 Å². The first-order valence-electron chi connectivity index (χ1n) is 9.98. The Kier molecular flexibility index (Phi) is 5.88. The number of sulfonamides is 1. The molecule has 1 aliphatic rings. The number of benzene rings is 2. The van der Waals surface area contributed by atoms with Crippen LogP contribution in [0.2, 0.25) is 0 Å². The summed E-state index contributed by atoms with van der Waals surface area (Å²) in [7, 11) is -2.60. The Bertz CT molecular complexity index is 1180. The maximum Gasteiger partial charge on any atom is 0.339 e. The molecule has 0 N–H and O–H groups in total. The first kappa shape index (κ1) is 21.2. The highest BCUT2D eigenvalue weighted by Crippen LogP contribution is 2.32. The third kappa shape index (κ3) is 4.24. The number of ether oxygens (including phenoxy) is 1. The summed E-state index contributed by atoms with van der Waals surface area (Å²) >= 11 is 0. The van der Waals surface area contributed by atoms with E-state index in [0.29, 0.717) is 37.7 Å². The normalized spacial score (nSPS) is 15.7. The lowest BCUT2D eigenvalue weighted by Crippen LogP contribution is -2.38. The maximum atomic E-state index is 13.2. The SMILES string of the molecule is COC(=O)c1ccccc1S(=O)(=O)N1CCC(c2nnc(-c3ccc(C)cc3)o2)CC1. The number of esters is 1. The zero-order valence-corrected chi connectivity index (χ0v) is 18.1. The highest BCUT2D eigenvalue weighted by Gasteiger charge is 2.34. The van der Waals surface area contributed by atoms with Crippen molar-refractivity contribution in [3.05, 3.63) is 65.5 Å². The van der Waals surface area contributed by atoms with E-state index in [1.807, 2.05) is 31.2 Å². The Labute approximate surface area is 180 Å². The number of carbonyl (C=O) groups excluding carboxylic acids is 1. The molecule has 2 aromatic carbocycles. The Morgan fingerprint density at radius 1 is 1.06 bits per heavy atom. The molecular weight excluding hydrogens is 418 g/mol. The van der Waals surface area contributed by atoms with Crippen LogP contribution in [0.25, 0.3) is 11.5 Å². The molecule has 8 nitrogen and oxygen atoms in total. The van der Waals surface area contributed by atoms with Crippen molar-refractivity contribution < 1.29 is 22.4 Å². The lowest BCUT2D eigenvalue weighted by Gasteiger charge is -2.30. The quantitative estimate of drug-likeness (QED) is 0.559. The van der Waals surface area contributed by atoms with Crippen LogP contribution in [0.4, 0.5) is 0 Å². The van der Waals surface area contributed by atoms with Gasteiger partial charge in [0.2, 0.25) is 21.8 Å². The van der Waals surface area contributed by atoms with Crippen LogP contribution in [-0.2, 0) is 14.8 Å². The predicted octanol–water partition coefficient (Wildman–Crippen LogP) is 3.40. The van der Waals surface area contributed by atoms with Gasteiger partial charge in [0.15, 0.2) is 0 Å². The third-order valence-corrected chi connectivity index (χ3v) is 7.41. The molecule has 31 heavy (non-hydrogen) atoms. The van der Waals surface area contributed by atoms with Crippen molar-refractivity contribution in [1.29, 1.82) is 0 Å². The van der Waals surface area contributed by atoms with E-state index in [-0.39, 0.29) is 16.4 Å². The van der Waals surface area contributed by atoms with Crippen molar-refractivity contribution in [1.82, 2.24) is 14.5 Å². The number of hydrogen-bond acceptors (Lipinski definition) is 7. The van der Waals surface area contributed by atoms with Crippen LogP contribution < -0.4 is 0 Å². The standard InChI is InChI=1S/C22H23N3O5S/c1-15-7-9-16(10-8-15)20-23-24-21(30-20)17-11-13-25(14-12-17)31(27,28)19-6-4-3-5-18(19)22(26)29-2/h3-10,17H,11-14H2,1-2H3. The number of nitrogens with zero attached hydrogens (tertiary/aromatic N) is 3. The molecule has 1 saturated heterocycles. The molecular formula is C22H23N3O5S. The fraction of sp³-hybridized carbons (Fsp3) is 0.318. The van der Waals surface area contributed by atoms with Crippen LogP contribution in [-0.4, -0.2) is 49.1 Å². The first-order chi connectivity index (χ1) is 14.9. The molecule has 1 fully saturated rings. The number of carbonyl (C=O) groups is 1. The van der Waals surface area contributed by atoms with Gasteiger partial charge in [0.1, 0.15) is 0 Å². The number of aromatic nitrogens is 2. The zero-order chi connectivity index (χ0) is 22.0. The van der Waals surface area contributed by atoms with Crippen LogP contribution in [0.5, 0.6) is 0 Å². The second-order valence-electron chi connectivity index (χ2n) is 7.48. The Hall–Kier alpha value is -3.04. The molecule has 0 aliphatic carbocycles. The van der Waals surface area contributed by atoms with E-state index in [2.05, 4.69) is 10.2 Å². The summed E-state index contributed by atoms with van der Waals surface area (Å²) in [6, 6.07) is 13.9. The fourth-order valence-electron chi connectivity index (χ4n) is 3.66. The van der Waals surface area contributed by atoms with E-state index in [0.717, 1.165) is 11.1 Å². The molecule has 0 amide bonds. The summed E-state index contributed by atoms with van der Waals surface area (Å²) < 4.78 is 38.3.